The van der Waals surface area contributed by atoms with Crippen LogP contribution in [0.1, 0.15) is 65.7 Å². The first kappa shape index (κ1) is 13.0. The van der Waals surface area contributed by atoms with Gasteiger partial charge in [0.15, 0.2) is 0 Å². The number of unbranched alkanes of at least 4 members (excludes halogenated alkanes) is 1. The standard InChI is InChI=1S/C14H29N/c1-13(2)9-5-6-10-14(3)15-11-7-4-8-12-15/h13-14H,4-12H2,1-3H3. The minimum atomic E-state index is 0.831. The van der Waals surface area contributed by atoms with Crippen LogP contribution >= 0.6 is 0 Å². The van der Waals surface area contributed by atoms with Crippen molar-refractivity contribution in [3.8, 4) is 0 Å². The van der Waals surface area contributed by atoms with Crippen molar-refractivity contribution < 1.29 is 0 Å². The van der Waals surface area contributed by atoms with Gasteiger partial charge in [-0.2, -0.15) is 0 Å². The van der Waals surface area contributed by atoms with Gasteiger partial charge < -0.3 is 4.90 Å². The van der Waals surface area contributed by atoms with Gasteiger partial charge in [-0.05, 0) is 45.2 Å². The Morgan fingerprint density at radius 3 is 2.07 bits per heavy atom. The molecule has 0 aromatic heterocycles. The molecule has 1 saturated heterocycles. The van der Waals surface area contributed by atoms with Crippen LogP contribution < -0.4 is 0 Å². The van der Waals surface area contributed by atoms with Crippen LogP contribution in [0.4, 0.5) is 0 Å². The SMILES string of the molecule is CC(C)CCCCC(C)N1CCCCC1. The third kappa shape index (κ3) is 5.55. The Morgan fingerprint density at radius 1 is 0.867 bits per heavy atom. The van der Waals surface area contributed by atoms with Crippen LogP contribution in [0, 0.1) is 5.92 Å². The van der Waals surface area contributed by atoms with Crippen molar-refractivity contribution in [1.29, 1.82) is 0 Å². The van der Waals surface area contributed by atoms with Crippen molar-refractivity contribution >= 4 is 0 Å². The largest absolute Gasteiger partial charge is 0.301 e. The molecule has 1 atom stereocenters. The van der Waals surface area contributed by atoms with Crippen molar-refractivity contribution in [3.63, 3.8) is 0 Å². The fourth-order valence-corrected chi connectivity index (χ4v) is 2.53. The number of likely N-dealkylation sites (tertiary alicyclic amines) is 1. The molecule has 1 nitrogen and oxygen atoms in total. The van der Waals surface area contributed by atoms with E-state index in [4.69, 9.17) is 0 Å². The minimum Gasteiger partial charge on any atom is -0.301 e. The van der Waals surface area contributed by atoms with Crippen LogP contribution in [0.3, 0.4) is 0 Å². The summed E-state index contributed by atoms with van der Waals surface area (Å²) in [5, 5.41) is 0. The molecule has 0 amide bonds. The molecule has 1 aliphatic rings. The molecule has 1 heterocycles. The Hall–Kier alpha value is -0.0400. The Balaban J connectivity index is 2.04. The van der Waals surface area contributed by atoms with Crippen molar-refractivity contribution in [2.24, 2.45) is 5.92 Å². The molecule has 90 valence electrons. The second-order valence-electron chi connectivity index (χ2n) is 5.62. The summed E-state index contributed by atoms with van der Waals surface area (Å²) in [4.78, 5) is 2.69. The average molecular weight is 211 g/mol. The van der Waals surface area contributed by atoms with Gasteiger partial charge in [0.25, 0.3) is 0 Å². The molecule has 1 unspecified atom stereocenters. The lowest BCUT2D eigenvalue weighted by Gasteiger charge is -2.32. The summed E-state index contributed by atoms with van der Waals surface area (Å²) in [6.07, 6.45) is 9.98. The van der Waals surface area contributed by atoms with Crippen molar-refractivity contribution in [1.82, 2.24) is 4.90 Å². The number of hydrogen-bond donors (Lipinski definition) is 0. The van der Waals surface area contributed by atoms with Gasteiger partial charge in [-0.3, -0.25) is 0 Å². The highest BCUT2D eigenvalue weighted by Gasteiger charge is 2.15. The van der Waals surface area contributed by atoms with Crippen LogP contribution in [0.15, 0.2) is 0 Å². The monoisotopic (exact) mass is 211 g/mol. The van der Waals surface area contributed by atoms with E-state index in [-0.39, 0.29) is 0 Å². The Labute approximate surface area is 96.2 Å². The van der Waals surface area contributed by atoms with E-state index in [2.05, 4.69) is 25.7 Å². The van der Waals surface area contributed by atoms with Crippen LogP contribution in [-0.4, -0.2) is 24.0 Å². The lowest BCUT2D eigenvalue weighted by Crippen LogP contribution is -2.37. The summed E-state index contributed by atoms with van der Waals surface area (Å²) in [5.41, 5.74) is 0. The van der Waals surface area contributed by atoms with Crippen LogP contribution in [-0.2, 0) is 0 Å². The number of piperidine rings is 1. The smallest absolute Gasteiger partial charge is 0.00669 e. The van der Waals surface area contributed by atoms with Crippen molar-refractivity contribution in [2.45, 2.75) is 71.8 Å². The molecule has 1 aliphatic heterocycles. The van der Waals surface area contributed by atoms with Crippen molar-refractivity contribution in [2.75, 3.05) is 13.1 Å². The highest BCUT2D eigenvalue weighted by Crippen LogP contribution is 2.17. The van der Waals surface area contributed by atoms with E-state index < -0.39 is 0 Å². The zero-order chi connectivity index (χ0) is 11.1. The third-order valence-corrected chi connectivity index (χ3v) is 3.67. The molecule has 0 spiro atoms. The van der Waals surface area contributed by atoms with Crippen molar-refractivity contribution in [3.05, 3.63) is 0 Å². The fraction of sp³-hybridized carbons (Fsp3) is 1.00. The zero-order valence-electron chi connectivity index (χ0n) is 11.0. The first-order valence-corrected chi connectivity index (χ1v) is 6.94. The first-order chi connectivity index (χ1) is 7.20. The third-order valence-electron chi connectivity index (χ3n) is 3.67. The van der Waals surface area contributed by atoms with Gasteiger partial charge in [0.2, 0.25) is 0 Å². The summed E-state index contributed by atoms with van der Waals surface area (Å²) in [6, 6.07) is 0.831. The summed E-state index contributed by atoms with van der Waals surface area (Å²) >= 11 is 0. The highest BCUT2D eigenvalue weighted by atomic mass is 15.1. The molecule has 0 aliphatic carbocycles. The summed E-state index contributed by atoms with van der Waals surface area (Å²) in [5.74, 6) is 0.885. The fourth-order valence-electron chi connectivity index (χ4n) is 2.53. The number of nitrogens with zero attached hydrogens (tertiary/aromatic N) is 1. The summed E-state index contributed by atoms with van der Waals surface area (Å²) < 4.78 is 0. The van der Waals surface area contributed by atoms with Gasteiger partial charge in [0.05, 0.1) is 0 Å². The van der Waals surface area contributed by atoms with Crippen LogP contribution in [0.5, 0.6) is 0 Å². The number of hydrogen-bond acceptors (Lipinski definition) is 1. The highest BCUT2D eigenvalue weighted by molar-refractivity contribution is 4.71. The topological polar surface area (TPSA) is 3.24 Å². The zero-order valence-corrected chi connectivity index (χ0v) is 11.0. The first-order valence-electron chi connectivity index (χ1n) is 6.94. The molecular weight excluding hydrogens is 182 g/mol. The van der Waals surface area contributed by atoms with Gasteiger partial charge in [0.1, 0.15) is 0 Å². The van der Waals surface area contributed by atoms with E-state index >= 15 is 0 Å². The molecular formula is C14H29N. The molecule has 0 bridgehead atoms. The second kappa shape index (κ2) is 7.27. The second-order valence-corrected chi connectivity index (χ2v) is 5.62. The quantitative estimate of drug-likeness (QED) is 0.598. The van der Waals surface area contributed by atoms with Gasteiger partial charge in [-0.25, -0.2) is 0 Å². The maximum atomic E-state index is 2.69. The van der Waals surface area contributed by atoms with Crippen LogP contribution in [0.25, 0.3) is 0 Å². The van der Waals surface area contributed by atoms with E-state index in [1.807, 2.05) is 0 Å². The molecule has 1 rings (SSSR count). The van der Waals surface area contributed by atoms with Gasteiger partial charge >= 0.3 is 0 Å². The molecule has 0 saturated carbocycles. The summed E-state index contributed by atoms with van der Waals surface area (Å²) in [7, 11) is 0. The Morgan fingerprint density at radius 2 is 1.47 bits per heavy atom. The van der Waals surface area contributed by atoms with Gasteiger partial charge in [-0.1, -0.05) is 39.5 Å². The molecule has 0 aromatic rings. The molecule has 15 heavy (non-hydrogen) atoms. The molecule has 1 fully saturated rings. The van der Waals surface area contributed by atoms with E-state index in [1.54, 1.807) is 0 Å². The normalized spacial score (nSPS) is 20.8. The van der Waals surface area contributed by atoms with E-state index in [1.165, 1.54) is 58.0 Å². The van der Waals surface area contributed by atoms with E-state index in [0.29, 0.717) is 0 Å². The number of rotatable bonds is 6. The Bertz CT molecular complexity index is 147. The maximum absolute atomic E-state index is 2.69. The molecule has 0 radical (unpaired) electrons. The summed E-state index contributed by atoms with van der Waals surface area (Å²) in [6.45, 7) is 9.78. The molecule has 0 N–H and O–H groups in total. The van der Waals surface area contributed by atoms with E-state index in [9.17, 15) is 0 Å². The average Bonchev–Trinajstić information content (AvgIpc) is 2.25. The van der Waals surface area contributed by atoms with Gasteiger partial charge in [-0.15, -0.1) is 0 Å². The lowest BCUT2D eigenvalue weighted by atomic mass is 10.0. The minimum absolute atomic E-state index is 0.831. The van der Waals surface area contributed by atoms with Crippen LogP contribution in [0.2, 0.25) is 0 Å². The molecule has 0 aromatic carbocycles. The molecule has 1 heteroatoms. The maximum Gasteiger partial charge on any atom is 0.00669 e. The van der Waals surface area contributed by atoms with Gasteiger partial charge in [0, 0.05) is 6.04 Å². The predicted octanol–water partition coefficient (Wildman–Crippen LogP) is 4.08. The van der Waals surface area contributed by atoms with E-state index in [0.717, 1.165) is 12.0 Å². The Kier molecular flexibility index (Phi) is 6.31. The lowest BCUT2D eigenvalue weighted by molar-refractivity contribution is 0.163. The predicted molar refractivity (Wildman–Crippen MR) is 68.2 cm³/mol.